The number of ether oxygens (including phenoxy) is 8. The van der Waals surface area contributed by atoms with E-state index >= 15 is 0 Å². The van der Waals surface area contributed by atoms with Gasteiger partial charge < -0.3 is 94.2 Å². The number of cyclic esters (lactones) is 2. The number of fused-ring (bicyclic) bond motifs is 2. The summed E-state index contributed by atoms with van der Waals surface area (Å²) in [5, 5.41) is 94.5. The molecule has 0 radical (unpaired) electrons. The van der Waals surface area contributed by atoms with E-state index in [0.717, 1.165) is 28.9 Å². The molecule has 10 N–H and O–H groups in total. The number of amides is 2. The number of phenolic OH excluding ortho intramolecular Hbond substituents is 4. The van der Waals surface area contributed by atoms with Gasteiger partial charge in [-0.15, -0.1) is 13.2 Å². The van der Waals surface area contributed by atoms with E-state index in [0.29, 0.717) is 40.8 Å². The Labute approximate surface area is 515 Å². The van der Waals surface area contributed by atoms with Gasteiger partial charge in [0.25, 0.3) is 11.8 Å². The van der Waals surface area contributed by atoms with Crippen molar-refractivity contribution in [1.82, 2.24) is 10.6 Å². The van der Waals surface area contributed by atoms with Crippen LogP contribution in [0.15, 0.2) is 53.7 Å². The van der Waals surface area contributed by atoms with Crippen molar-refractivity contribution in [3.63, 3.8) is 0 Å². The van der Waals surface area contributed by atoms with Gasteiger partial charge in [-0.3, -0.25) is 9.59 Å². The predicted octanol–water partition coefficient (Wildman–Crippen LogP) is 5.54. The molecule has 0 spiro atoms. The maximum absolute atomic E-state index is 13.0. The molecule has 2 saturated heterocycles. The van der Waals surface area contributed by atoms with Crippen LogP contribution in [0.4, 0.5) is 0 Å². The fourth-order valence-corrected chi connectivity index (χ4v) is 11.7. The highest BCUT2D eigenvalue weighted by molar-refractivity contribution is 5.97. The number of hydrogen-bond acceptors (Lipinski definition) is 22. The first-order valence-electron chi connectivity index (χ1n) is 29.4. The Morgan fingerprint density at radius 1 is 0.614 bits per heavy atom. The average molecular weight is 1240 g/mol. The second kappa shape index (κ2) is 30.5. The van der Waals surface area contributed by atoms with Gasteiger partial charge in [-0.1, -0.05) is 70.0 Å². The van der Waals surface area contributed by atoms with Crippen molar-refractivity contribution in [2.45, 2.75) is 206 Å². The number of rotatable bonds is 25. The lowest BCUT2D eigenvalue weighted by molar-refractivity contribution is -0.169. The number of esters is 2. The fourth-order valence-electron chi connectivity index (χ4n) is 11.7. The van der Waals surface area contributed by atoms with Gasteiger partial charge in [-0.25, -0.2) is 9.59 Å². The zero-order valence-corrected chi connectivity index (χ0v) is 53.5. The van der Waals surface area contributed by atoms with E-state index in [1.807, 2.05) is 27.7 Å². The van der Waals surface area contributed by atoms with Crippen molar-refractivity contribution in [2.24, 2.45) is 27.8 Å². The van der Waals surface area contributed by atoms with Crippen LogP contribution in [0.3, 0.4) is 0 Å². The molecular formula is C64H95N3O21. The van der Waals surface area contributed by atoms with Crippen LogP contribution in [0.1, 0.15) is 137 Å². The minimum atomic E-state index is -1.49. The topological polar surface area (TPSA) is 350 Å². The largest absolute Gasteiger partial charge is 0.508 e. The molecule has 24 nitrogen and oxygen atoms in total. The standard InChI is InChI=1S/C32H48N2O11.C32H47NO10/c1-15(2)10-23(41-7)28(38)29(39)33-30(42-8)24-14-25(34-43-9)32(5,6)26(44-24)13-20(36)17(4)22-11-18-16(3)19(35)12-21(37)27(18)31(40)45-22;1-15(2)10-24(40-8)28(37)29(38)33-30(41-9)25-11-16(3)32(6,7)26(42-25)14-21(35)18(5)23-12-19-17(4)20(34)13-22(36)27(19)31(39)43-23/h12,17,20,22-24,26,28,30,35-38H,1,10-11,13-14H2,2-9H3,(H,33,39);13,18,21,23-26,28,30,34-37H,1,3,10-12,14H2,2,4-9H3,(H,33,38)/b34-25+;/t17-,20+,22-,23+,24+,26-,28+,30+;18-,21+,23-,24+,25+,26-,28+,30+/m11/s1. The molecule has 2 aromatic rings. The van der Waals surface area contributed by atoms with Crippen molar-refractivity contribution in [3.05, 3.63) is 82.0 Å². The van der Waals surface area contributed by atoms with E-state index in [4.69, 9.17) is 42.7 Å². The molecule has 4 heterocycles. The van der Waals surface area contributed by atoms with Crippen LogP contribution in [0.2, 0.25) is 0 Å². The number of aliphatic hydroxyl groups is 4. The second-order valence-corrected chi connectivity index (χ2v) is 25.0. The number of hydrogen-bond donors (Lipinski definition) is 10. The summed E-state index contributed by atoms with van der Waals surface area (Å²) in [5.74, 6) is -4.92. The molecule has 2 amide bonds. The summed E-state index contributed by atoms with van der Waals surface area (Å²) >= 11 is 0. The summed E-state index contributed by atoms with van der Waals surface area (Å²) < 4.78 is 45.9. The van der Waals surface area contributed by atoms with Crippen LogP contribution in [-0.4, -0.2) is 192 Å². The first-order chi connectivity index (χ1) is 41.1. The van der Waals surface area contributed by atoms with Gasteiger partial charge in [-0.05, 0) is 69.2 Å². The minimum Gasteiger partial charge on any atom is -0.508 e. The van der Waals surface area contributed by atoms with Crippen LogP contribution in [0.5, 0.6) is 23.0 Å². The Kier molecular flexibility index (Phi) is 25.2. The monoisotopic (exact) mass is 1240 g/mol. The van der Waals surface area contributed by atoms with Gasteiger partial charge in [0.15, 0.2) is 24.7 Å². The van der Waals surface area contributed by atoms with Crippen molar-refractivity contribution in [2.75, 3.05) is 35.5 Å². The van der Waals surface area contributed by atoms with Crippen LogP contribution in [-0.2, 0) is 65.2 Å². The number of aromatic hydroxyl groups is 4. The molecule has 0 bridgehead atoms. The highest BCUT2D eigenvalue weighted by Gasteiger charge is 2.49. The van der Waals surface area contributed by atoms with Crippen LogP contribution < -0.4 is 10.6 Å². The van der Waals surface area contributed by atoms with Crippen LogP contribution >= 0.6 is 0 Å². The minimum absolute atomic E-state index is 0.0115. The van der Waals surface area contributed by atoms with E-state index < -0.39 is 132 Å². The molecule has 0 saturated carbocycles. The lowest BCUT2D eigenvalue weighted by Crippen LogP contribution is -2.58. The Morgan fingerprint density at radius 3 is 1.34 bits per heavy atom. The second-order valence-electron chi connectivity index (χ2n) is 25.0. The summed E-state index contributed by atoms with van der Waals surface area (Å²) in [7, 11) is 7.05. The van der Waals surface area contributed by atoms with Crippen molar-refractivity contribution >= 4 is 29.5 Å². The summed E-state index contributed by atoms with van der Waals surface area (Å²) in [5.41, 5.74) is 3.60. The molecule has 16 atom stereocenters. The lowest BCUT2D eigenvalue weighted by atomic mass is 9.72. The summed E-state index contributed by atoms with van der Waals surface area (Å²) in [4.78, 5) is 56.7. The first-order valence-corrected chi connectivity index (χ1v) is 29.4. The third kappa shape index (κ3) is 16.6. The van der Waals surface area contributed by atoms with Gasteiger partial charge in [0.2, 0.25) is 0 Å². The summed E-state index contributed by atoms with van der Waals surface area (Å²) in [6.07, 6.45) is -10.7. The normalized spacial score (nSPS) is 25.2. The number of carbonyl (C=O) groups excluding carboxylic acids is 4. The highest BCUT2D eigenvalue weighted by atomic mass is 16.6. The zero-order chi connectivity index (χ0) is 66.2. The van der Waals surface area contributed by atoms with E-state index in [9.17, 15) is 60.0 Å². The predicted molar refractivity (Wildman–Crippen MR) is 322 cm³/mol. The van der Waals surface area contributed by atoms with Crippen LogP contribution in [0, 0.1) is 36.5 Å². The van der Waals surface area contributed by atoms with E-state index in [2.05, 4.69) is 35.5 Å². The number of phenols is 4. The molecule has 4 aliphatic heterocycles. The quantitative estimate of drug-likeness (QED) is 0.0252. The first kappa shape index (κ1) is 72.6. The number of benzene rings is 2. The average Bonchev–Trinajstić information content (AvgIpc) is 2.15. The van der Waals surface area contributed by atoms with Gasteiger partial charge in [0.05, 0.1) is 42.3 Å². The zero-order valence-electron chi connectivity index (χ0n) is 53.5. The maximum Gasteiger partial charge on any atom is 0.342 e. The molecule has 0 unspecified atom stereocenters. The molecular weight excluding hydrogens is 1150 g/mol. The van der Waals surface area contributed by atoms with Gasteiger partial charge >= 0.3 is 11.9 Å². The molecule has 24 heteroatoms. The summed E-state index contributed by atoms with van der Waals surface area (Å²) in [6.45, 7) is 30.0. The lowest BCUT2D eigenvalue weighted by Gasteiger charge is -2.47. The highest BCUT2D eigenvalue weighted by Crippen LogP contribution is 2.45. The number of oxime groups is 1. The van der Waals surface area contributed by atoms with Crippen molar-refractivity contribution in [1.29, 1.82) is 0 Å². The third-order valence-corrected chi connectivity index (χ3v) is 18.1. The molecule has 492 valence electrons. The van der Waals surface area contributed by atoms with Gasteiger partial charge in [0, 0.05) is 95.3 Å². The smallest absolute Gasteiger partial charge is 0.342 e. The van der Waals surface area contributed by atoms with Crippen LogP contribution in [0.25, 0.3) is 0 Å². The van der Waals surface area contributed by atoms with E-state index in [1.165, 1.54) is 35.5 Å². The number of aliphatic hydroxyl groups excluding tert-OH is 4. The maximum atomic E-state index is 13.0. The van der Waals surface area contributed by atoms with Crippen molar-refractivity contribution in [3.8, 4) is 23.0 Å². The molecule has 2 fully saturated rings. The van der Waals surface area contributed by atoms with Gasteiger partial charge in [-0.2, -0.15) is 0 Å². The number of nitrogens with zero attached hydrogens (tertiary/aromatic N) is 1. The molecule has 0 aromatic heterocycles. The Morgan fingerprint density at radius 2 is 0.989 bits per heavy atom. The molecule has 2 aromatic carbocycles. The number of carbonyl (C=O) groups is 4. The SMILES string of the molecule is C=C(C)C[C@H](OC)[C@H](O)C(=O)N[C@@H](OC)[C@@H]1C/C(=N\OC)C(C)(C)[C@@H](C[C@H](O)[C@@H](C)[C@H]2Cc3c(C)c(O)cc(O)c3C(=O)O2)O1.C=C(C)C[C@H](OC)[C@H](O)C(=O)N[C@@H](OC)[C@@H]1CC(=C)C(C)(C)[C@@H](C[C@H](O)[C@@H](C)[C@H]2Cc3c(C)c(O)cc(O)c3C(=O)O2)O1. The molecule has 88 heavy (non-hydrogen) atoms. The van der Waals surface area contributed by atoms with E-state index in [1.54, 1.807) is 41.5 Å². The van der Waals surface area contributed by atoms with Crippen molar-refractivity contribution < 1.29 is 103 Å². The summed E-state index contributed by atoms with van der Waals surface area (Å²) in [6, 6.07) is 2.23. The number of nitrogens with one attached hydrogen (secondary N) is 2. The Bertz CT molecular complexity index is 2890. The number of methoxy groups -OCH3 is 4. The van der Waals surface area contributed by atoms with Gasteiger partial charge in [0.1, 0.15) is 65.7 Å². The fraction of sp³-hybridized carbons (Fsp3) is 0.641. The Balaban J connectivity index is 0.000000321. The Hall–Kier alpha value is -6.19. The molecule has 6 rings (SSSR count). The van der Waals surface area contributed by atoms with E-state index in [-0.39, 0.29) is 72.6 Å². The molecule has 0 aliphatic carbocycles. The molecule has 4 aliphatic rings. The third-order valence-electron chi connectivity index (χ3n) is 18.1.